The molecule has 2 aliphatic rings. The second-order valence-corrected chi connectivity index (χ2v) is 8.08. The summed E-state index contributed by atoms with van der Waals surface area (Å²) in [6.45, 7) is 7.47. The quantitative estimate of drug-likeness (QED) is 0.328. The molecule has 1 aromatic heterocycles. The van der Waals surface area contributed by atoms with E-state index in [0.29, 0.717) is 12.6 Å². The van der Waals surface area contributed by atoms with Crippen molar-refractivity contribution >= 4 is 35.8 Å². The van der Waals surface area contributed by atoms with E-state index >= 15 is 0 Å². The monoisotopic (exact) mass is 501 g/mol. The van der Waals surface area contributed by atoms with Gasteiger partial charge in [-0.1, -0.05) is 25.3 Å². The number of rotatable bonds is 5. The zero-order valence-corrected chi connectivity index (χ0v) is 19.6. The molecule has 0 radical (unpaired) electrons. The van der Waals surface area contributed by atoms with Crippen molar-refractivity contribution in [3.8, 4) is 0 Å². The Morgan fingerprint density at radius 3 is 2.57 bits per heavy atom. The van der Waals surface area contributed by atoms with E-state index in [1.807, 2.05) is 6.20 Å². The molecule has 1 aromatic rings. The average molecular weight is 501 g/mol. The van der Waals surface area contributed by atoms with Gasteiger partial charge in [0.05, 0.1) is 12.1 Å². The third-order valence-electron chi connectivity index (χ3n) is 5.72. The number of aromatic nitrogens is 1. The third kappa shape index (κ3) is 6.76. The summed E-state index contributed by atoms with van der Waals surface area (Å²) in [7, 11) is 0. The molecule has 6 nitrogen and oxygen atoms in total. The largest absolute Gasteiger partial charge is 0.388 e. The highest BCUT2D eigenvalue weighted by atomic mass is 127. The minimum absolute atomic E-state index is 0. The van der Waals surface area contributed by atoms with E-state index in [9.17, 15) is 5.11 Å². The van der Waals surface area contributed by atoms with Crippen LogP contribution >= 0.6 is 24.0 Å². The SMILES string of the molecule is CCNC(=NCC1(O)CCCCC1)NC1CCN(c2ccc(C)cn2)CC1.I. The van der Waals surface area contributed by atoms with Crippen LogP contribution in [0.4, 0.5) is 5.82 Å². The van der Waals surface area contributed by atoms with Gasteiger partial charge >= 0.3 is 0 Å². The van der Waals surface area contributed by atoms with Gasteiger partial charge in [0.1, 0.15) is 5.82 Å². The number of aliphatic hydroxyl groups is 1. The Balaban J connectivity index is 0.00000280. The maximum Gasteiger partial charge on any atom is 0.191 e. The van der Waals surface area contributed by atoms with Gasteiger partial charge in [0, 0.05) is 31.9 Å². The van der Waals surface area contributed by atoms with Crippen LogP contribution < -0.4 is 15.5 Å². The van der Waals surface area contributed by atoms with E-state index in [4.69, 9.17) is 4.99 Å². The van der Waals surface area contributed by atoms with Crippen LogP contribution in [0.1, 0.15) is 57.4 Å². The topological polar surface area (TPSA) is 72.8 Å². The van der Waals surface area contributed by atoms with E-state index in [2.05, 4.69) is 46.5 Å². The molecule has 1 saturated carbocycles. The summed E-state index contributed by atoms with van der Waals surface area (Å²) >= 11 is 0. The second-order valence-electron chi connectivity index (χ2n) is 8.08. The minimum Gasteiger partial charge on any atom is -0.388 e. The highest BCUT2D eigenvalue weighted by Crippen LogP contribution is 2.28. The number of halogens is 1. The van der Waals surface area contributed by atoms with Gasteiger partial charge < -0.3 is 20.6 Å². The van der Waals surface area contributed by atoms with Crippen molar-refractivity contribution in [3.63, 3.8) is 0 Å². The Morgan fingerprint density at radius 2 is 1.96 bits per heavy atom. The van der Waals surface area contributed by atoms with Crippen LogP contribution in [0.15, 0.2) is 23.3 Å². The zero-order chi connectivity index (χ0) is 19.1. The molecular formula is C21H36IN5O. The van der Waals surface area contributed by atoms with Gasteiger partial charge in [-0.3, -0.25) is 4.99 Å². The molecule has 158 valence electrons. The smallest absolute Gasteiger partial charge is 0.191 e. The molecule has 1 aliphatic carbocycles. The number of nitrogens with zero attached hydrogens (tertiary/aromatic N) is 3. The molecule has 3 rings (SSSR count). The van der Waals surface area contributed by atoms with Crippen LogP contribution in [-0.4, -0.2) is 53.9 Å². The van der Waals surface area contributed by atoms with Crippen molar-refractivity contribution in [1.29, 1.82) is 0 Å². The summed E-state index contributed by atoms with van der Waals surface area (Å²) in [6.07, 6.45) is 9.26. The van der Waals surface area contributed by atoms with Crippen molar-refractivity contribution in [3.05, 3.63) is 23.9 Å². The van der Waals surface area contributed by atoms with Gasteiger partial charge in [0.2, 0.25) is 0 Å². The first-order chi connectivity index (χ1) is 13.1. The molecule has 3 N–H and O–H groups in total. The van der Waals surface area contributed by atoms with Crippen LogP contribution in [0.5, 0.6) is 0 Å². The Morgan fingerprint density at radius 1 is 1.25 bits per heavy atom. The van der Waals surface area contributed by atoms with Crippen molar-refractivity contribution in [2.24, 2.45) is 4.99 Å². The van der Waals surface area contributed by atoms with Gasteiger partial charge in [-0.2, -0.15) is 0 Å². The lowest BCUT2D eigenvalue weighted by Gasteiger charge is -2.34. The summed E-state index contributed by atoms with van der Waals surface area (Å²) in [4.78, 5) is 11.6. The number of aryl methyl sites for hydroxylation is 1. The Bertz CT molecular complexity index is 608. The van der Waals surface area contributed by atoms with Crippen LogP contribution in [0.2, 0.25) is 0 Å². The number of anilines is 1. The molecule has 1 aliphatic heterocycles. The lowest BCUT2D eigenvalue weighted by Crippen LogP contribution is -2.49. The summed E-state index contributed by atoms with van der Waals surface area (Å²) in [5, 5.41) is 17.6. The molecule has 0 aromatic carbocycles. The van der Waals surface area contributed by atoms with Gasteiger partial charge in [-0.25, -0.2) is 4.98 Å². The fourth-order valence-electron chi connectivity index (χ4n) is 4.01. The van der Waals surface area contributed by atoms with E-state index in [1.165, 1.54) is 12.0 Å². The first kappa shape index (κ1) is 23.2. The molecule has 0 spiro atoms. The van der Waals surface area contributed by atoms with Crippen molar-refractivity contribution < 1.29 is 5.11 Å². The molecule has 7 heteroatoms. The number of hydrogen-bond donors (Lipinski definition) is 3. The van der Waals surface area contributed by atoms with E-state index in [-0.39, 0.29) is 24.0 Å². The standard InChI is InChI=1S/C21H35N5O.HI/c1-3-22-20(24-16-21(27)11-5-4-6-12-21)25-18-9-13-26(14-10-18)19-8-7-17(2)15-23-19;/h7-8,15,18,27H,3-6,9-14,16H2,1-2H3,(H2,22,24,25);1H. The number of guanidine groups is 1. The van der Waals surface area contributed by atoms with Crippen LogP contribution in [0.25, 0.3) is 0 Å². The average Bonchev–Trinajstić information content (AvgIpc) is 2.68. The highest BCUT2D eigenvalue weighted by molar-refractivity contribution is 14.0. The Hall–Kier alpha value is -1.09. The first-order valence-corrected chi connectivity index (χ1v) is 10.5. The predicted molar refractivity (Wildman–Crippen MR) is 127 cm³/mol. The van der Waals surface area contributed by atoms with E-state index in [1.54, 1.807) is 0 Å². The summed E-state index contributed by atoms with van der Waals surface area (Å²) in [6, 6.07) is 4.64. The molecule has 28 heavy (non-hydrogen) atoms. The second kappa shape index (κ2) is 11.2. The van der Waals surface area contributed by atoms with Crippen LogP contribution in [0, 0.1) is 6.92 Å². The molecule has 1 saturated heterocycles. The summed E-state index contributed by atoms with van der Waals surface area (Å²) in [5.74, 6) is 1.91. The molecular weight excluding hydrogens is 465 g/mol. The summed E-state index contributed by atoms with van der Waals surface area (Å²) in [5.41, 5.74) is 0.586. The normalized spacial score (nSPS) is 20.4. The number of pyridine rings is 1. The fourth-order valence-corrected chi connectivity index (χ4v) is 4.01. The zero-order valence-electron chi connectivity index (χ0n) is 17.3. The van der Waals surface area contributed by atoms with Gasteiger partial charge in [-0.05, 0) is 51.2 Å². The number of hydrogen-bond acceptors (Lipinski definition) is 4. The molecule has 0 bridgehead atoms. The first-order valence-electron chi connectivity index (χ1n) is 10.5. The fraction of sp³-hybridized carbons (Fsp3) is 0.714. The number of nitrogens with one attached hydrogen (secondary N) is 2. The van der Waals surface area contributed by atoms with Crippen LogP contribution in [0.3, 0.4) is 0 Å². The maximum atomic E-state index is 10.7. The van der Waals surface area contributed by atoms with Crippen molar-refractivity contribution in [2.75, 3.05) is 31.1 Å². The third-order valence-corrected chi connectivity index (χ3v) is 5.72. The lowest BCUT2D eigenvalue weighted by molar-refractivity contribution is 0.0131. The van der Waals surface area contributed by atoms with Crippen molar-refractivity contribution in [1.82, 2.24) is 15.6 Å². The molecule has 2 heterocycles. The molecule has 0 unspecified atom stereocenters. The molecule has 0 atom stereocenters. The van der Waals surface area contributed by atoms with Gasteiger partial charge in [-0.15, -0.1) is 24.0 Å². The summed E-state index contributed by atoms with van der Waals surface area (Å²) < 4.78 is 0. The minimum atomic E-state index is -0.610. The van der Waals surface area contributed by atoms with E-state index < -0.39 is 5.60 Å². The molecule has 2 fully saturated rings. The van der Waals surface area contributed by atoms with E-state index in [0.717, 1.165) is 69.9 Å². The van der Waals surface area contributed by atoms with Crippen LogP contribution in [-0.2, 0) is 0 Å². The van der Waals surface area contributed by atoms with Gasteiger partial charge in [0.15, 0.2) is 5.96 Å². The Labute approximate surface area is 186 Å². The molecule has 0 amide bonds. The maximum absolute atomic E-state index is 10.7. The number of piperidine rings is 1. The Kier molecular flexibility index (Phi) is 9.27. The van der Waals surface area contributed by atoms with Gasteiger partial charge in [0.25, 0.3) is 0 Å². The highest BCUT2D eigenvalue weighted by Gasteiger charge is 2.29. The lowest BCUT2D eigenvalue weighted by atomic mass is 9.85. The number of aliphatic imine (C=N–C) groups is 1. The predicted octanol–water partition coefficient (Wildman–Crippen LogP) is 3.23. The van der Waals surface area contributed by atoms with Crippen molar-refractivity contribution in [2.45, 2.75) is 70.4 Å².